The van der Waals surface area contributed by atoms with E-state index in [0.29, 0.717) is 10.7 Å². The third-order valence-electron chi connectivity index (χ3n) is 4.47. The van der Waals surface area contributed by atoms with Crippen molar-refractivity contribution in [1.82, 2.24) is 0 Å². The molecule has 0 N–H and O–H groups in total. The van der Waals surface area contributed by atoms with Gasteiger partial charge in [-0.15, -0.1) is 0 Å². The van der Waals surface area contributed by atoms with Gasteiger partial charge in [0.1, 0.15) is 0 Å². The number of amides is 2. The van der Waals surface area contributed by atoms with Crippen molar-refractivity contribution in [2.75, 3.05) is 9.91 Å². The van der Waals surface area contributed by atoms with Crippen LogP contribution < -0.4 is 9.91 Å². The Balaban J connectivity index is 1.73. The molecule has 0 aromatic heterocycles. The second kappa shape index (κ2) is 5.97. The number of fused-ring (bicyclic) bond motifs is 1. The van der Waals surface area contributed by atoms with Crippen LogP contribution in [0, 0.1) is 0 Å². The number of hydrogen-bond acceptors (Lipinski definition) is 5. The average Bonchev–Trinajstić information content (AvgIpc) is 3.15. The van der Waals surface area contributed by atoms with Gasteiger partial charge in [0.15, 0.2) is 12.1 Å². The predicted molar refractivity (Wildman–Crippen MR) is 94.7 cm³/mol. The lowest BCUT2D eigenvalue weighted by molar-refractivity contribution is -0.121. The predicted octanol–water partition coefficient (Wildman–Crippen LogP) is 3.40. The molecule has 2 aromatic carbocycles. The standard InChI is InChI=1S/C18H15ClN4O2/c1-2-11-6-3-4-9-14(11)23-16-15(20-21-23)17(24)22(18(16)25)13-8-5-7-12(19)10-13/h3-10,15-16H,2H2,1H3. The maximum absolute atomic E-state index is 13.0. The first-order valence-electron chi connectivity index (χ1n) is 8.03. The average molecular weight is 355 g/mol. The number of nitrogens with zero attached hydrogens (tertiary/aromatic N) is 4. The van der Waals surface area contributed by atoms with E-state index in [1.54, 1.807) is 29.3 Å². The molecule has 2 unspecified atom stereocenters. The Labute approximate surface area is 149 Å². The highest BCUT2D eigenvalue weighted by atomic mass is 35.5. The Morgan fingerprint density at radius 3 is 2.64 bits per heavy atom. The van der Waals surface area contributed by atoms with Gasteiger partial charge in [-0.1, -0.05) is 48.0 Å². The minimum atomic E-state index is -0.823. The molecule has 0 aliphatic carbocycles. The summed E-state index contributed by atoms with van der Waals surface area (Å²) in [7, 11) is 0. The number of carbonyl (C=O) groups excluding carboxylic acids is 2. The molecule has 4 rings (SSSR count). The van der Waals surface area contributed by atoms with Crippen LogP contribution in [0.25, 0.3) is 0 Å². The number of aryl methyl sites for hydroxylation is 1. The van der Waals surface area contributed by atoms with Crippen LogP contribution in [0.1, 0.15) is 12.5 Å². The summed E-state index contributed by atoms with van der Waals surface area (Å²) in [5.74, 6) is -0.717. The Morgan fingerprint density at radius 2 is 1.88 bits per heavy atom. The van der Waals surface area contributed by atoms with Crippen LogP contribution in [0.4, 0.5) is 11.4 Å². The summed E-state index contributed by atoms with van der Waals surface area (Å²) >= 11 is 6.00. The van der Waals surface area contributed by atoms with Gasteiger partial charge < -0.3 is 0 Å². The first-order chi connectivity index (χ1) is 12.1. The Hall–Kier alpha value is -2.73. The van der Waals surface area contributed by atoms with Crippen molar-refractivity contribution in [3.8, 4) is 0 Å². The topological polar surface area (TPSA) is 65.3 Å². The molecule has 2 atom stereocenters. The number of anilines is 2. The monoisotopic (exact) mass is 354 g/mol. The van der Waals surface area contributed by atoms with E-state index in [1.807, 2.05) is 31.2 Å². The summed E-state index contributed by atoms with van der Waals surface area (Å²) < 4.78 is 0. The number of carbonyl (C=O) groups is 2. The molecule has 1 fully saturated rings. The number of hydrogen-bond donors (Lipinski definition) is 0. The number of benzene rings is 2. The van der Waals surface area contributed by atoms with Gasteiger partial charge >= 0.3 is 0 Å². The molecule has 0 radical (unpaired) electrons. The molecule has 2 heterocycles. The minimum Gasteiger partial charge on any atom is -0.271 e. The maximum Gasteiger partial charge on any atom is 0.263 e. The third-order valence-corrected chi connectivity index (χ3v) is 4.70. The van der Waals surface area contributed by atoms with Crippen molar-refractivity contribution in [3.63, 3.8) is 0 Å². The second-order valence-corrected chi connectivity index (χ2v) is 6.35. The summed E-state index contributed by atoms with van der Waals surface area (Å²) in [4.78, 5) is 26.9. The molecule has 0 spiro atoms. The normalized spacial score (nSPS) is 22.0. The summed E-state index contributed by atoms with van der Waals surface area (Å²) in [6.07, 6.45) is 0.791. The Bertz CT molecular complexity index is 898. The van der Waals surface area contributed by atoms with Crippen molar-refractivity contribution in [2.45, 2.75) is 25.4 Å². The number of imide groups is 1. The highest BCUT2D eigenvalue weighted by molar-refractivity contribution is 6.32. The SMILES string of the molecule is CCc1ccccc1N1N=NC2C(=O)N(c3cccc(Cl)c3)C(=O)C21. The van der Waals surface area contributed by atoms with E-state index in [-0.39, 0.29) is 11.8 Å². The Kier molecular flexibility index (Phi) is 3.77. The van der Waals surface area contributed by atoms with E-state index in [0.717, 1.165) is 22.6 Å². The molecule has 2 amide bonds. The molecule has 2 aromatic rings. The van der Waals surface area contributed by atoms with Crippen molar-refractivity contribution in [1.29, 1.82) is 0 Å². The minimum absolute atomic E-state index is 0.340. The highest BCUT2D eigenvalue weighted by Crippen LogP contribution is 2.36. The van der Waals surface area contributed by atoms with Crippen molar-refractivity contribution < 1.29 is 9.59 Å². The van der Waals surface area contributed by atoms with Gasteiger partial charge in [-0.3, -0.25) is 9.59 Å². The molecular formula is C18H15ClN4O2. The molecule has 2 aliphatic heterocycles. The van der Waals surface area contributed by atoms with Crippen molar-refractivity contribution in [2.24, 2.45) is 10.3 Å². The maximum atomic E-state index is 13.0. The van der Waals surface area contributed by atoms with E-state index < -0.39 is 12.1 Å². The second-order valence-electron chi connectivity index (χ2n) is 5.91. The molecule has 126 valence electrons. The molecule has 6 nitrogen and oxygen atoms in total. The van der Waals surface area contributed by atoms with E-state index >= 15 is 0 Å². The molecule has 25 heavy (non-hydrogen) atoms. The molecular weight excluding hydrogens is 340 g/mol. The number of halogens is 1. The van der Waals surface area contributed by atoms with Crippen LogP contribution >= 0.6 is 11.6 Å². The molecule has 1 saturated heterocycles. The summed E-state index contributed by atoms with van der Waals surface area (Å²) in [5.41, 5.74) is 2.30. The van der Waals surface area contributed by atoms with Crippen LogP contribution in [-0.2, 0) is 16.0 Å². The summed E-state index contributed by atoms with van der Waals surface area (Å²) in [5, 5.41) is 10.2. The van der Waals surface area contributed by atoms with Crippen molar-refractivity contribution in [3.05, 3.63) is 59.1 Å². The first-order valence-corrected chi connectivity index (χ1v) is 8.41. The van der Waals surface area contributed by atoms with Gasteiger partial charge in [-0.05, 0) is 36.2 Å². The lowest BCUT2D eigenvalue weighted by Crippen LogP contribution is -2.40. The van der Waals surface area contributed by atoms with Crippen LogP contribution in [0.5, 0.6) is 0 Å². The first kappa shape index (κ1) is 15.8. The summed E-state index contributed by atoms with van der Waals surface area (Å²) in [6.45, 7) is 2.03. The smallest absolute Gasteiger partial charge is 0.263 e. The van der Waals surface area contributed by atoms with Gasteiger partial charge in [0.05, 0.1) is 11.4 Å². The third kappa shape index (κ3) is 2.41. The van der Waals surface area contributed by atoms with Gasteiger partial charge in [0.25, 0.3) is 11.8 Å². The van der Waals surface area contributed by atoms with Gasteiger partial charge in [0, 0.05) is 5.02 Å². The number of para-hydroxylation sites is 1. The lowest BCUT2D eigenvalue weighted by atomic mass is 10.1. The lowest BCUT2D eigenvalue weighted by Gasteiger charge is -2.22. The molecule has 0 bridgehead atoms. The van der Waals surface area contributed by atoms with Crippen molar-refractivity contribution >= 4 is 34.8 Å². The van der Waals surface area contributed by atoms with Crippen LogP contribution in [0.3, 0.4) is 0 Å². The number of rotatable bonds is 3. The molecule has 7 heteroatoms. The fourth-order valence-corrected chi connectivity index (χ4v) is 3.45. The van der Waals surface area contributed by atoms with Gasteiger partial charge in [-0.2, -0.15) is 5.11 Å². The van der Waals surface area contributed by atoms with E-state index in [4.69, 9.17) is 11.6 Å². The van der Waals surface area contributed by atoms with Gasteiger partial charge in [-0.25, -0.2) is 9.91 Å². The van der Waals surface area contributed by atoms with Crippen LogP contribution in [0.2, 0.25) is 5.02 Å². The van der Waals surface area contributed by atoms with E-state index in [9.17, 15) is 9.59 Å². The largest absolute Gasteiger partial charge is 0.271 e. The van der Waals surface area contributed by atoms with E-state index in [2.05, 4.69) is 10.3 Å². The van der Waals surface area contributed by atoms with Gasteiger partial charge in [0.2, 0.25) is 0 Å². The molecule has 0 saturated carbocycles. The summed E-state index contributed by atoms with van der Waals surface area (Å²) in [6, 6.07) is 12.8. The van der Waals surface area contributed by atoms with E-state index in [1.165, 1.54) is 0 Å². The quantitative estimate of drug-likeness (QED) is 0.793. The van der Waals surface area contributed by atoms with Crippen LogP contribution in [0.15, 0.2) is 58.9 Å². The zero-order valence-electron chi connectivity index (χ0n) is 13.5. The fourth-order valence-electron chi connectivity index (χ4n) is 3.26. The zero-order valence-corrected chi connectivity index (χ0v) is 14.2. The molecule has 2 aliphatic rings. The Morgan fingerprint density at radius 1 is 1.08 bits per heavy atom. The highest BCUT2D eigenvalue weighted by Gasteiger charge is 2.55. The zero-order chi connectivity index (χ0) is 17.6. The fraction of sp³-hybridized carbons (Fsp3) is 0.222. The van der Waals surface area contributed by atoms with Crippen LogP contribution in [-0.4, -0.2) is 23.9 Å².